The van der Waals surface area contributed by atoms with Gasteiger partial charge in [0, 0.05) is 0 Å². The fourth-order valence-corrected chi connectivity index (χ4v) is 1.26. The predicted molar refractivity (Wildman–Crippen MR) is 57.5 cm³/mol. The Kier molecular flexibility index (Phi) is 3.92. The van der Waals surface area contributed by atoms with E-state index in [1.165, 1.54) is 18.2 Å². The molecule has 2 N–H and O–H groups in total. The molecule has 16 heavy (non-hydrogen) atoms. The van der Waals surface area contributed by atoms with Gasteiger partial charge < -0.3 is 10.2 Å². The molecule has 1 rings (SSSR count). The summed E-state index contributed by atoms with van der Waals surface area (Å²) in [6.45, 7) is 0. The zero-order valence-corrected chi connectivity index (χ0v) is 8.78. The zero-order chi connectivity index (χ0) is 12.1. The number of aromatic carboxylic acids is 1. The Labute approximate surface area is 96.5 Å². The number of benzene rings is 1. The highest BCUT2D eigenvalue weighted by Gasteiger charge is 2.10. The van der Waals surface area contributed by atoms with Crippen molar-refractivity contribution in [3.8, 4) is 11.8 Å². The highest BCUT2D eigenvalue weighted by molar-refractivity contribution is 6.32. The second-order valence-electron chi connectivity index (χ2n) is 2.84. The van der Waals surface area contributed by atoms with Crippen molar-refractivity contribution in [1.82, 2.24) is 0 Å². The third-order valence-electron chi connectivity index (χ3n) is 1.70. The molecule has 0 bridgehead atoms. The minimum atomic E-state index is -1.15. The molecule has 82 valence electrons. The Hall–Kier alpha value is -1.99. The summed E-state index contributed by atoms with van der Waals surface area (Å²) in [6, 6.07) is 4.35. The number of carboxylic acids is 2. The van der Waals surface area contributed by atoms with Gasteiger partial charge in [-0.15, -0.1) is 0 Å². The van der Waals surface area contributed by atoms with E-state index in [2.05, 4.69) is 11.8 Å². The lowest BCUT2D eigenvalue weighted by molar-refractivity contribution is -0.135. The van der Waals surface area contributed by atoms with Crippen LogP contribution >= 0.6 is 11.6 Å². The lowest BCUT2D eigenvalue weighted by atomic mass is 10.1. The molecule has 1 aromatic rings. The molecule has 0 radical (unpaired) electrons. The molecule has 0 amide bonds. The van der Waals surface area contributed by atoms with Crippen LogP contribution < -0.4 is 0 Å². The minimum Gasteiger partial charge on any atom is -0.481 e. The number of halogens is 1. The number of hydrogen-bond donors (Lipinski definition) is 2. The molecule has 0 saturated heterocycles. The van der Waals surface area contributed by atoms with E-state index in [9.17, 15) is 9.59 Å². The second-order valence-corrected chi connectivity index (χ2v) is 3.25. The molecule has 0 aliphatic rings. The maximum absolute atomic E-state index is 10.8. The molecule has 0 unspecified atom stereocenters. The quantitative estimate of drug-likeness (QED) is 0.772. The molecule has 0 aliphatic heterocycles. The van der Waals surface area contributed by atoms with Crippen LogP contribution in [0.1, 0.15) is 22.3 Å². The summed E-state index contributed by atoms with van der Waals surface area (Å²) in [7, 11) is 0. The molecular weight excluding hydrogens is 232 g/mol. The fraction of sp³-hybridized carbons (Fsp3) is 0.0909. The van der Waals surface area contributed by atoms with Gasteiger partial charge in [0.1, 0.15) is 6.42 Å². The number of hydrogen-bond acceptors (Lipinski definition) is 2. The van der Waals surface area contributed by atoms with Crippen molar-refractivity contribution in [2.75, 3.05) is 0 Å². The van der Waals surface area contributed by atoms with Crippen LogP contribution in [-0.2, 0) is 4.79 Å². The van der Waals surface area contributed by atoms with Gasteiger partial charge in [0.05, 0.1) is 16.1 Å². The molecule has 1 aromatic carbocycles. The molecule has 0 heterocycles. The molecule has 0 saturated carbocycles. The van der Waals surface area contributed by atoms with E-state index in [4.69, 9.17) is 21.8 Å². The van der Waals surface area contributed by atoms with Gasteiger partial charge in [-0.05, 0) is 12.1 Å². The molecule has 0 aliphatic carbocycles. The average Bonchev–Trinajstić information content (AvgIpc) is 2.19. The third kappa shape index (κ3) is 3.01. The highest BCUT2D eigenvalue weighted by atomic mass is 35.5. The van der Waals surface area contributed by atoms with Gasteiger partial charge in [-0.25, -0.2) is 4.79 Å². The Balaban J connectivity index is 3.14. The van der Waals surface area contributed by atoms with Crippen LogP contribution in [-0.4, -0.2) is 22.2 Å². The average molecular weight is 239 g/mol. The summed E-state index contributed by atoms with van der Waals surface area (Å²) >= 11 is 5.78. The van der Waals surface area contributed by atoms with Crippen LogP contribution in [0.5, 0.6) is 0 Å². The fourth-order valence-electron chi connectivity index (χ4n) is 1.04. The van der Waals surface area contributed by atoms with E-state index in [-0.39, 0.29) is 22.6 Å². The Morgan fingerprint density at radius 1 is 1.31 bits per heavy atom. The number of aliphatic carboxylic acids is 1. The van der Waals surface area contributed by atoms with Crippen molar-refractivity contribution in [3.63, 3.8) is 0 Å². The maximum Gasteiger partial charge on any atom is 0.337 e. The van der Waals surface area contributed by atoms with Gasteiger partial charge >= 0.3 is 11.9 Å². The lowest BCUT2D eigenvalue weighted by Gasteiger charge is -2.00. The first-order valence-corrected chi connectivity index (χ1v) is 4.62. The van der Waals surface area contributed by atoms with E-state index in [0.29, 0.717) is 0 Å². The van der Waals surface area contributed by atoms with Gasteiger partial charge in [-0.2, -0.15) is 0 Å². The molecule has 4 nitrogen and oxygen atoms in total. The summed E-state index contributed by atoms with van der Waals surface area (Å²) in [5.41, 5.74) is 0.100. The van der Waals surface area contributed by atoms with Gasteiger partial charge in [0.2, 0.25) is 0 Å². The van der Waals surface area contributed by atoms with E-state index >= 15 is 0 Å². The first kappa shape index (κ1) is 12.1. The first-order chi connectivity index (χ1) is 7.52. The number of carboxylic acid groups (broad SMARTS) is 2. The summed E-state index contributed by atoms with van der Waals surface area (Å²) in [5.74, 6) is 2.57. The normalized spacial score (nSPS) is 9.06. The van der Waals surface area contributed by atoms with Crippen LogP contribution in [0, 0.1) is 11.8 Å². The first-order valence-electron chi connectivity index (χ1n) is 4.25. The summed E-state index contributed by atoms with van der Waals surface area (Å²) < 4.78 is 0. The van der Waals surface area contributed by atoms with E-state index in [1.807, 2.05) is 0 Å². The molecule has 0 fully saturated rings. The molecule has 0 atom stereocenters. The number of carbonyl (C=O) groups is 2. The van der Waals surface area contributed by atoms with Crippen molar-refractivity contribution in [2.24, 2.45) is 0 Å². The monoisotopic (exact) mass is 238 g/mol. The van der Waals surface area contributed by atoms with Gasteiger partial charge in [0.25, 0.3) is 0 Å². The Morgan fingerprint density at radius 3 is 2.56 bits per heavy atom. The topological polar surface area (TPSA) is 74.6 Å². The van der Waals surface area contributed by atoms with Gasteiger partial charge in [-0.3, -0.25) is 4.79 Å². The lowest BCUT2D eigenvalue weighted by Crippen LogP contribution is -2.00. The molecule has 5 heteroatoms. The SMILES string of the molecule is O=C(O)CC#Cc1c(Cl)cccc1C(=O)O. The van der Waals surface area contributed by atoms with Crippen molar-refractivity contribution < 1.29 is 19.8 Å². The van der Waals surface area contributed by atoms with Gasteiger partial charge in [-0.1, -0.05) is 29.5 Å². The van der Waals surface area contributed by atoms with Crippen molar-refractivity contribution in [2.45, 2.75) is 6.42 Å². The molecule has 0 aromatic heterocycles. The highest BCUT2D eigenvalue weighted by Crippen LogP contribution is 2.18. The largest absolute Gasteiger partial charge is 0.481 e. The molecule has 0 spiro atoms. The third-order valence-corrected chi connectivity index (χ3v) is 2.01. The van der Waals surface area contributed by atoms with Crippen molar-refractivity contribution in [1.29, 1.82) is 0 Å². The van der Waals surface area contributed by atoms with Crippen molar-refractivity contribution >= 4 is 23.5 Å². The number of rotatable bonds is 2. The Morgan fingerprint density at radius 2 is 2.00 bits per heavy atom. The predicted octanol–water partition coefficient (Wildman–Crippen LogP) is 1.86. The van der Waals surface area contributed by atoms with Crippen LogP contribution in [0.3, 0.4) is 0 Å². The standard InChI is InChI=1S/C11H7ClO4/c12-9-5-1-4-8(11(15)16)7(9)3-2-6-10(13)14/h1,4-5H,6H2,(H,13,14)(H,15,16). The van der Waals surface area contributed by atoms with E-state index in [0.717, 1.165) is 0 Å². The summed E-state index contributed by atoms with van der Waals surface area (Å²) in [4.78, 5) is 21.1. The summed E-state index contributed by atoms with van der Waals surface area (Å²) in [6.07, 6.45) is -0.357. The Bertz CT molecular complexity index is 496. The smallest absolute Gasteiger partial charge is 0.337 e. The van der Waals surface area contributed by atoms with Crippen LogP contribution in [0.15, 0.2) is 18.2 Å². The molecular formula is C11H7ClO4. The van der Waals surface area contributed by atoms with E-state index in [1.54, 1.807) is 0 Å². The van der Waals surface area contributed by atoms with Gasteiger partial charge in [0.15, 0.2) is 0 Å². The summed E-state index contributed by atoms with van der Waals surface area (Å²) in [5, 5.41) is 17.4. The second kappa shape index (κ2) is 5.19. The maximum atomic E-state index is 10.8. The van der Waals surface area contributed by atoms with Crippen LogP contribution in [0.4, 0.5) is 0 Å². The minimum absolute atomic E-state index is 0.0367. The van der Waals surface area contributed by atoms with Crippen LogP contribution in [0.2, 0.25) is 5.02 Å². The zero-order valence-electron chi connectivity index (χ0n) is 8.03. The van der Waals surface area contributed by atoms with Crippen molar-refractivity contribution in [3.05, 3.63) is 34.3 Å². The van der Waals surface area contributed by atoms with E-state index < -0.39 is 11.9 Å². The van der Waals surface area contributed by atoms with Crippen LogP contribution in [0.25, 0.3) is 0 Å².